The predicted molar refractivity (Wildman–Crippen MR) is 93.4 cm³/mol. The van der Waals surface area contributed by atoms with Crippen molar-refractivity contribution < 1.29 is 8.60 Å². The molecule has 2 rings (SSSR count). The Morgan fingerprint density at radius 1 is 1.09 bits per heavy atom. The molecule has 2 N–H and O–H groups in total. The fourth-order valence-electron chi connectivity index (χ4n) is 2.39. The predicted octanol–water partition coefficient (Wildman–Crippen LogP) is 4.51. The van der Waals surface area contributed by atoms with Crippen LogP contribution in [0.3, 0.4) is 0 Å². The van der Waals surface area contributed by atoms with Crippen LogP contribution in [0.2, 0.25) is 0 Å². The Hall–Kier alpha value is -1.04. The van der Waals surface area contributed by atoms with Gasteiger partial charge in [0, 0.05) is 10.4 Å². The van der Waals surface area contributed by atoms with Gasteiger partial charge >= 0.3 is 0 Å². The van der Waals surface area contributed by atoms with Crippen LogP contribution in [0.25, 0.3) is 0 Å². The minimum atomic E-state index is -1.44. The van der Waals surface area contributed by atoms with E-state index in [0.717, 1.165) is 15.6 Å². The van der Waals surface area contributed by atoms with Gasteiger partial charge in [-0.15, -0.1) is 0 Å². The van der Waals surface area contributed by atoms with Gasteiger partial charge in [0.05, 0.1) is 15.7 Å². The molecule has 0 saturated heterocycles. The number of rotatable bonds is 5. The van der Waals surface area contributed by atoms with Crippen molar-refractivity contribution >= 4 is 26.9 Å². The number of halogens is 2. The van der Waals surface area contributed by atoms with Gasteiger partial charge in [0.15, 0.2) is 0 Å². The maximum atomic E-state index is 13.2. The number of benzene rings is 2. The summed E-state index contributed by atoms with van der Waals surface area (Å²) in [6.45, 7) is 3.77. The van der Waals surface area contributed by atoms with Crippen LogP contribution in [0.1, 0.15) is 37.3 Å². The van der Waals surface area contributed by atoms with Gasteiger partial charge in [-0.2, -0.15) is 0 Å². The maximum absolute atomic E-state index is 13.2. The van der Waals surface area contributed by atoms with Crippen LogP contribution in [-0.2, 0) is 11.0 Å². The second-order valence-corrected chi connectivity index (χ2v) is 8.53. The highest BCUT2D eigenvalue weighted by molar-refractivity contribution is 9.10. The molecule has 2 nitrogen and oxygen atoms in total. The van der Waals surface area contributed by atoms with E-state index in [4.69, 9.17) is 5.14 Å². The van der Waals surface area contributed by atoms with Crippen LogP contribution >= 0.6 is 15.9 Å². The zero-order valence-corrected chi connectivity index (χ0v) is 15.0. The lowest BCUT2D eigenvalue weighted by Gasteiger charge is -2.28. The van der Waals surface area contributed by atoms with Gasteiger partial charge in [0.1, 0.15) is 5.82 Å². The van der Waals surface area contributed by atoms with Crippen molar-refractivity contribution in [2.24, 2.45) is 5.14 Å². The molecule has 0 aliphatic carbocycles. The maximum Gasteiger partial charge on any atom is 0.123 e. The zero-order valence-electron chi connectivity index (χ0n) is 12.6. The van der Waals surface area contributed by atoms with Gasteiger partial charge in [-0.3, -0.25) is 5.14 Å². The minimum Gasteiger partial charge on any atom is -0.251 e. The van der Waals surface area contributed by atoms with E-state index in [0.29, 0.717) is 6.42 Å². The molecular formula is C17H19BrFNOS. The second kappa shape index (κ2) is 7.02. The smallest absolute Gasteiger partial charge is 0.123 e. The molecule has 0 amide bonds. The molecule has 2 aromatic rings. The van der Waals surface area contributed by atoms with Crippen molar-refractivity contribution in [3.8, 4) is 0 Å². The van der Waals surface area contributed by atoms with E-state index in [-0.39, 0.29) is 11.7 Å². The van der Waals surface area contributed by atoms with E-state index in [2.05, 4.69) is 15.9 Å². The van der Waals surface area contributed by atoms with E-state index >= 15 is 0 Å². The topological polar surface area (TPSA) is 43.1 Å². The van der Waals surface area contributed by atoms with Crippen LogP contribution in [0.5, 0.6) is 0 Å². The van der Waals surface area contributed by atoms with Crippen LogP contribution in [-0.4, -0.2) is 8.96 Å². The fourth-order valence-corrected chi connectivity index (χ4v) is 2.99. The van der Waals surface area contributed by atoms with Crippen molar-refractivity contribution in [1.29, 1.82) is 0 Å². The zero-order chi connectivity index (χ0) is 16.3. The second-order valence-electron chi connectivity index (χ2n) is 5.92. The summed E-state index contributed by atoms with van der Waals surface area (Å²) in [6, 6.07) is 14.4. The van der Waals surface area contributed by atoms with Crippen molar-refractivity contribution in [3.05, 3.63) is 69.9 Å². The standard InChI is InChI=1S/C17H19BrFNOS/c1-17(2,22(20)21)11-16(12-3-7-14(18)8-4-12)13-5-9-15(19)10-6-13/h3-10,16H,11,20H2,1-2H3/t16-,22?/m1/s1. The summed E-state index contributed by atoms with van der Waals surface area (Å²) in [5.74, 6) is -0.254. The molecule has 0 fully saturated rings. The van der Waals surface area contributed by atoms with E-state index in [9.17, 15) is 8.60 Å². The van der Waals surface area contributed by atoms with Crippen molar-refractivity contribution in [3.63, 3.8) is 0 Å². The third-order valence-corrected chi connectivity index (χ3v) is 5.57. The average Bonchev–Trinajstić information content (AvgIpc) is 2.47. The summed E-state index contributed by atoms with van der Waals surface area (Å²) in [5, 5.41) is 5.63. The molecule has 5 heteroatoms. The Morgan fingerprint density at radius 2 is 1.55 bits per heavy atom. The van der Waals surface area contributed by atoms with Gasteiger partial charge in [-0.25, -0.2) is 8.60 Å². The molecular weight excluding hydrogens is 365 g/mol. The molecule has 0 radical (unpaired) electrons. The highest BCUT2D eigenvalue weighted by atomic mass is 79.9. The largest absolute Gasteiger partial charge is 0.251 e. The molecule has 0 spiro atoms. The van der Waals surface area contributed by atoms with Crippen molar-refractivity contribution in [2.45, 2.75) is 30.9 Å². The molecule has 0 aliphatic heterocycles. The number of hydrogen-bond donors (Lipinski definition) is 1. The molecule has 22 heavy (non-hydrogen) atoms. The monoisotopic (exact) mass is 383 g/mol. The van der Waals surface area contributed by atoms with Crippen LogP contribution in [0, 0.1) is 5.82 Å². The number of nitrogens with two attached hydrogens (primary N) is 1. The normalized spacial score (nSPS) is 14.6. The molecule has 0 bridgehead atoms. The Morgan fingerprint density at radius 3 is 2.00 bits per heavy atom. The Bertz CT molecular complexity index is 610. The molecule has 2 atom stereocenters. The lowest BCUT2D eigenvalue weighted by molar-refractivity contribution is 0.555. The molecule has 0 aromatic heterocycles. The first-order valence-corrected chi connectivity index (χ1v) is 8.97. The SMILES string of the molecule is CC(C)(C[C@@H](c1ccc(F)cc1)c1ccc(Br)cc1)S(N)=O. The highest BCUT2D eigenvalue weighted by Crippen LogP contribution is 2.35. The van der Waals surface area contributed by atoms with Crippen LogP contribution in [0.15, 0.2) is 53.0 Å². The third-order valence-electron chi connectivity index (χ3n) is 3.79. The quantitative estimate of drug-likeness (QED) is 0.810. The van der Waals surface area contributed by atoms with E-state index in [1.54, 1.807) is 12.1 Å². The Kier molecular flexibility index (Phi) is 5.53. The first kappa shape index (κ1) is 17.3. The lowest BCUT2D eigenvalue weighted by atomic mass is 9.84. The molecule has 0 aliphatic rings. The Labute approximate surface area is 141 Å². The Balaban J connectivity index is 2.42. The molecule has 2 aromatic carbocycles. The minimum absolute atomic E-state index is 0.0104. The van der Waals surface area contributed by atoms with Gasteiger partial charge in [0.25, 0.3) is 0 Å². The van der Waals surface area contributed by atoms with E-state index < -0.39 is 15.7 Å². The summed E-state index contributed by atoms with van der Waals surface area (Å²) in [5.41, 5.74) is 2.08. The van der Waals surface area contributed by atoms with Crippen LogP contribution in [0.4, 0.5) is 4.39 Å². The highest BCUT2D eigenvalue weighted by Gasteiger charge is 2.29. The molecule has 0 saturated carbocycles. The summed E-state index contributed by atoms with van der Waals surface area (Å²) in [4.78, 5) is 0. The van der Waals surface area contributed by atoms with Crippen LogP contribution < -0.4 is 5.14 Å². The average molecular weight is 384 g/mol. The van der Waals surface area contributed by atoms with Crippen molar-refractivity contribution in [1.82, 2.24) is 0 Å². The fraction of sp³-hybridized carbons (Fsp3) is 0.294. The summed E-state index contributed by atoms with van der Waals surface area (Å²) in [6.07, 6.45) is 0.614. The molecule has 0 heterocycles. The number of hydrogen-bond acceptors (Lipinski definition) is 1. The molecule has 1 unspecified atom stereocenters. The lowest BCUT2D eigenvalue weighted by Crippen LogP contribution is -2.34. The first-order valence-electron chi connectivity index (χ1n) is 6.97. The summed E-state index contributed by atoms with van der Waals surface area (Å²) in [7, 11) is -1.44. The van der Waals surface area contributed by atoms with Gasteiger partial charge in [-0.1, -0.05) is 40.2 Å². The summed E-state index contributed by atoms with van der Waals surface area (Å²) < 4.78 is 25.5. The molecule has 118 valence electrons. The summed E-state index contributed by atoms with van der Waals surface area (Å²) >= 11 is 3.43. The van der Waals surface area contributed by atoms with Gasteiger partial charge in [0.2, 0.25) is 0 Å². The third kappa shape index (κ3) is 4.24. The van der Waals surface area contributed by atoms with Gasteiger partial charge < -0.3 is 0 Å². The van der Waals surface area contributed by atoms with E-state index in [1.807, 2.05) is 38.1 Å². The first-order chi connectivity index (χ1) is 10.3. The van der Waals surface area contributed by atoms with Crippen molar-refractivity contribution in [2.75, 3.05) is 0 Å². The van der Waals surface area contributed by atoms with Gasteiger partial charge in [-0.05, 0) is 55.7 Å². The van der Waals surface area contributed by atoms with E-state index in [1.165, 1.54) is 12.1 Å².